The summed E-state index contributed by atoms with van der Waals surface area (Å²) < 4.78 is 24.5. The number of hydrogen-bond acceptors (Lipinski definition) is 4. The summed E-state index contributed by atoms with van der Waals surface area (Å²) in [5, 5.41) is 0.935. The molecule has 22 heavy (non-hydrogen) atoms. The van der Waals surface area contributed by atoms with E-state index in [1.807, 2.05) is 25.1 Å². The summed E-state index contributed by atoms with van der Waals surface area (Å²) in [7, 11) is -3.32. The SMILES string of the molecule is CCS(=O)(=O)c1ccccc1-c1ncc2ccc(C)cc2n1. The van der Waals surface area contributed by atoms with Crippen LogP contribution in [0.2, 0.25) is 0 Å². The van der Waals surface area contributed by atoms with Crippen molar-refractivity contribution >= 4 is 20.7 Å². The second kappa shape index (κ2) is 5.50. The van der Waals surface area contributed by atoms with Crippen LogP contribution < -0.4 is 0 Å². The lowest BCUT2D eigenvalue weighted by Crippen LogP contribution is -2.06. The van der Waals surface area contributed by atoms with E-state index in [0.717, 1.165) is 16.5 Å². The monoisotopic (exact) mass is 312 g/mol. The molecular formula is C17H16N2O2S. The number of benzene rings is 2. The molecule has 0 unspecified atom stereocenters. The Hall–Kier alpha value is -2.27. The number of hydrogen-bond donors (Lipinski definition) is 0. The molecule has 0 bridgehead atoms. The number of sulfone groups is 1. The first-order chi connectivity index (χ1) is 10.5. The van der Waals surface area contributed by atoms with Crippen LogP contribution >= 0.6 is 0 Å². The second-order valence-corrected chi connectivity index (χ2v) is 7.40. The second-order valence-electron chi connectivity index (χ2n) is 5.16. The smallest absolute Gasteiger partial charge is 0.178 e. The van der Waals surface area contributed by atoms with E-state index in [9.17, 15) is 8.42 Å². The van der Waals surface area contributed by atoms with Gasteiger partial charge >= 0.3 is 0 Å². The summed E-state index contributed by atoms with van der Waals surface area (Å²) in [6.45, 7) is 3.63. The number of nitrogens with zero attached hydrogens (tertiary/aromatic N) is 2. The summed E-state index contributed by atoms with van der Waals surface area (Å²) in [5.41, 5.74) is 2.47. The van der Waals surface area contributed by atoms with Crippen molar-refractivity contribution in [3.63, 3.8) is 0 Å². The molecular weight excluding hydrogens is 296 g/mol. The zero-order valence-electron chi connectivity index (χ0n) is 12.4. The molecule has 4 nitrogen and oxygen atoms in total. The Bertz CT molecular complexity index is 950. The molecule has 2 aromatic carbocycles. The maximum absolute atomic E-state index is 12.3. The molecule has 0 saturated heterocycles. The van der Waals surface area contributed by atoms with E-state index in [1.54, 1.807) is 37.4 Å². The number of rotatable bonds is 3. The molecule has 5 heteroatoms. The van der Waals surface area contributed by atoms with Crippen LogP contribution in [0.25, 0.3) is 22.3 Å². The average molecular weight is 312 g/mol. The Kier molecular flexibility index (Phi) is 3.66. The van der Waals surface area contributed by atoms with E-state index >= 15 is 0 Å². The lowest BCUT2D eigenvalue weighted by Gasteiger charge is -2.09. The molecule has 3 aromatic rings. The van der Waals surface area contributed by atoms with E-state index in [-0.39, 0.29) is 10.6 Å². The van der Waals surface area contributed by atoms with E-state index in [0.29, 0.717) is 11.4 Å². The molecule has 0 aliphatic rings. The van der Waals surface area contributed by atoms with Crippen LogP contribution in [0.1, 0.15) is 12.5 Å². The van der Waals surface area contributed by atoms with Gasteiger partial charge in [-0.3, -0.25) is 0 Å². The largest absolute Gasteiger partial charge is 0.236 e. The highest BCUT2D eigenvalue weighted by atomic mass is 32.2. The van der Waals surface area contributed by atoms with Gasteiger partial charge < -0.3 is 0 Å². The van der Waals surface area contributed by atoms with Crippen molar-refractivity contribution in [2.24, 2.45) is 0 Å². The first kappa shape index (κ1) is 14.7. The molecule has 0 fully saturated rings. The van der Waals surface area contributed by atoms with Crippen LogP contribution in [-0.4, -0.2) is 24.1 Å². The summed E-state index contributed by atoms with van der Waals surface area (Å²) in [5.74, 6) is 0.488. The van der Waals surface area contributed by atoms with Gasteiger partial charge in [0.15, 0.2) is 15.7 Å². The fourth-order valence-electron chi connectivity index (χ4n) is 2.34. The molecule has 0 aliphatic carbocycles. The fourth-order valence-corrected chi connectivity index (χ4v) is 3.43. The first-order valence-electron chi connectivity index (χ1n) is 7.07. The molecule has 112 valence electrons. The van der Waals surface area contributed by atoms with Crippen molar-refractivity contribution in [3.8, 4) is 11.4 Å². The van der Waals surface area contributed by atoms with E-state index in [1.165, 1.54) is 0 Å². The van der Waals surface area contributed by atoms with Gasteiger partial charge in [0.1, 0.15) is 0 Å². The van der Waals surface area contributed by atoms with E-state index in [2.05, 4.69) is 9.97 Å². The average Bonchev–Trinajstić information content (AvgIpc) is 2.54. The Labute approximate surface area is 129 Å². The standard InChI is InChI=1S/C17H16N2O2S/c1-3-22(20,21)16-7-5-4-6-14(16)17-18-11-13-9-8-12(2)10-15(13)19-17/h4-11H,3H2,1-2H3. The summed E-state index contributed by atoms with van der Waals surface area (Å²) in [4.78, 5) is 9.16. The van der Waals surface area contributed by atoms with Crippen LogP contribution in [0.4, 0.5) is 0 Å². The highest BCUT2D eigenvalue weighted by Gasteiger charge is 2.18. The molecule has 0 aliphatic heterocycles. The minimum absolute atomic E-state index is 0.0523. The van der Waals surface area contributed by atoms with E-state index < -0.39 is 9.84 Å². The van der Waals surface area contributed by atoms with Crippen LogP contribution in [0.3, 0.4) is 0 Å². The zero-order chi connectivity index (χ0) is 15.7. The Morgan fingerprint density at radius 2 is 1.86 bits per heavy atom. The van der Waals surface area contributed by atoms with Crippen molar-refractivity contribution in [2.45, 2.75) is 18.7 Å². The van der Waals surface area contributed by atoms with Crippen LogP contribution in [0.5, 0.6) is 0 Å². The van der Waals surface area contributed by atoms with Gasteiger partial charge in [-0.25, -0.2) is 18.4 Å². The highest BCUT2D eigenvalue weighted by molar-refractivity contribution is 7.91. The molecule has 1 heterocycles. The predicted octanol–water partition coefficient (Wildman–Crippen LogP) is 3.40. The van der Waals surface area contributed by atoms with Crippen molar-refractivity contribution < 1.29 is 8.42 Å². The van der Waals surface area contributed by atoms with Gasteiger partial charge in [0.05, 0.1) is 16.2 Å². The van der Waals surface area contributed by atoms with Gasteiger partial charge in [-0.1, -0.05) is 31.2 Å². The Balaban J connectivity index is 2.24. The van der Waals surface area contributed by atoms with Gasteiger partial charge in [-0.2, -0.15) is 0 Å². The first-order valence-corrected chi connectivity index (χ1v) is 8.72. The third kappa shape index (κ3) is 2.60. The quantitative estimate of drug-likeness (QED) is 0.743. The van der Waals surface area contributed by atoms with Crippen molar-refractivity contribution in [1.29, 1.82) is 0 Å². The van der Waals surface area contributed by atoms with Crippen LogP contribution in [0.15, 0.2) is 53.6 Å². The van der Waals surface area contributed by atoms with Gasteiger partial charge in [-0.15, -0.1) is 0 Å². The predicted molar refractivity (Wildman–Crippen MR) is 87.4 cm³/mol. The Morgan fingerprint density at radius 1 is 1.09 bits per heavy atom. The molecule has 0 spiro atoms. The minimum Gasteiger partial charge on any atom is -0.236 e. The van der Waals surface area contributed by atoms with Gasteiger partial charge in [0.25, 0.3) is 0 Å². The number of aromatic nitrogens is 2. The molecule has 0 atom stereocenters. The minimum atomic E-state index is -3.32. The lowest BCUT2D eigenvalue weighted by atomic mass is 10.1. The Morgan fingerprint density at radius 3 is 2.64 bits per heavy atom. The van der Waals surface area contributed by atoms with Crippen molar-refractivity contribution in [2.75, 3.05) is 5.75 Å². The van der Waals surface area contributed by atoms with Crippen LogP contribution in [-0.2, 0) is 9.84 Å². The normalized spacial score (nSPS) is 11.7. The fraction of sp³-hybridized carbons (Fsp3) is 0.176. The van der Waals surface area contributed by atoms with E-state index in [4.69, 9.17) is 0 Å². The topological polar surface area (TPSA) is 59.9 Å². The number of aryl methyl sites for hydroxylation is 1. The molecule has 3 rings (SSSR count). The maximum Gasteiger partial charge on any atom is 0.178 e. The molecule has 0 radical (unpaired) electrons. The third-order valence-corrected chi connectivity index (χ3v) is 5.37. The third-order valence-electron chi connectivity index (χ3n) is 3.58. The summed E-state index contributed by atoms with van der Waals surface area (Å²) in [6.07, 6.45) is 1.73. The van der Waals surface area contributed by atoms with Crippen molar-refractivity contribution in [3.05, 3.63) is 54.2 Å². The van der Waals surface area contributed by atoms with Gasteiger partial charge in [-0.05, 0) is 30.7 Å². The van der Waals surface area contributed by atoms with Crippen LogP contribution in [0, 0.1) is 6.92 Å². The lowest BCUT2D eigenvalue weighted by molar-refractivity contribution is 0.597. The molecule has 1 aromatic heterocycles. The molecule has 0 N–H and O–H groups in total. The van der Waals surface area contributed by atoms with Gasteiger partial charge in [0, 0.05) is 17.1 Å². The van der Waals surface area contributed by atoms with Crippen molar-refractivity contribution in [1.82, 2.24) is 9.97 Å². The summed E-state index contributed by atoms with van der Waals surface area (Å²) >= 11 is 0. The maximum atomic E-state index is 12.3. The molecule has 0 saturated carbocycles. The van der Waals surface area contributed by atoms with Gasteiger partial charge in [0.2, 0.25) is 0 Å². The highest BCUT2D eigenvalue weighted by Crippen LogP contribution is 2.26. The zero-order valence-corrected chi connectivity index (χ0v) is 13.3. The summed E-state index contributed by atoms with van der Waals surface area (Å²) in [6, 6.07) is 12.8. The molecule has 0 amide bonds. The number of fused-ring (bicyclic) bond motifs is 1.